The first-order valence-electron chi connectivity index (χ1n) is 3.72. The van der Waals surface area contributed by atoms with Gasteiger partial charge in [0.05, 0.1) is 10.8 Å². The molecule has 1 heterocycles. The summed E-state index contributed by atoms with van der Waals surface area (Å²) in [7, 11) is 0. The molecule has 0 aliphatic rings. The summed E-state index contributed by atoms with van der Waals surface area (Å²) < 4.78 is 14.7. The van der Waals surface area contributed by atoms with Crippen LogP contribution in [0.3, 0.4) is 0 Å². The number of hydrogen-bond acceptors (Lipinski definition) is 3. The highest BCUT2D eigenvalue weighted by Crippen LogP contribution is 2.31. The Bertz CT molecular complexity index is 450. The standard InChI is InChI=1S/C9H7FOS2/c10-7-1-5-3-8(12)13-9(5)6(2-7)4-11/h1-3,11-12H,4H2. The van der Waals surface area contributed by atoms with Gasteiger partial charge in [0, 0.05) is 4.70 Å². The highest BCUT2D eigenvalue weighted by atomic mass is 32.2. The molecule has 2 rings (SSSR count). The average Bonchev–Trinajstić information content (AvgIpc) is 2.43. The molecule has 0 amide bonds. The monoisotopic (exact) mass is 214 g/mol. The van der Waals surface area contributed by atoms with Crippen molar-refractivity contribution in [2.75, 3.05) is 0 Å². The Morgan fingerprint density at radius 1 is 1.38 bits per heavy atom. The number of fused-ring (bicyclic) bond motifs is 1. The fourth-order valence-electron chi connectivity index (χ4n) is 1.29. The molecule has 0 aliphatic heterocycles. The third-order valence-corrected chi connectivity index (χ3v) is 3.25. The minimum absolute atomic E-state index is 0.137. The van der Waals surface area contributed by atoms with Crippen molar-refractivity contribution >= 4 is 34.1 Å². The van der Waals surface area contributed by atoms with Crippen molar-refractivity contribution in [3.8, 4) is 0 Å². The molecule has 0 fully saturated rings. The Morgan fingerprint density at radius 2 is 2.15 bits per heavy atom. The normalized spacial score (nSPS) is 11.0. The number of halogens is 1. The number of aliphatic hydroxyl groups is 1. The first kappa shape index (κ1) is 8.99. The van der Waals surface area contributed by atoms with Crippen LogP contribution in [0.15, 0.2) is 22.4 Å². The van der Waals surface area contributed by atoms with Crippen molar-refractivity contribution in [3.63, 3.8) is 0 Å². The molecule has 0 saturated carbocycles. The third kappa shape index (κ3) is 1.57. The minimum Gasteiger partial charge on any atom is -0.392 e. The van der Waals surface area contributed by atoms with Crippen LogP contribution in [0.1, 0.15) is 5.56 Å². The zero-order chi connectivity index (χ0) is 9.42. The summed E-state index contributed by atoms with van der Waals surface area (Å²) in [5.74, 6) is -0.317. The molecule has 1 aromatic heterocycles. The fraction of sp³-hybridized carbons (Fsp3) is 0.111. The molecule has 0 spiro atoms. The SMILES string of the molecule is OCc1cc(F)cc2cc(S)sc12. The molecule has 0 bridgehead atoms. The number of thiol groups is 1. The molecule has 0 unspecified atom stereocenters. The van der Waals surface area contributed by atoms with Crippen LogP contribution in [0, 0.1) is 5.82 Å². The van der Waals surface area contributed by atoms with Gasteiger partial charge in [-0.3, -0.25) is 0 Å². The van der Waals surface area contributed by atoms with E-state index in [1.807, 2.05) is 0 Å². The molecule has 1 N–H and O–H groups in total. The molecule has 4 heteroatoms. The van der Waals surface area contributed by atoms with Crippen LogP contribution in [0.5, 0.6) is 0 Å². The van der Waals surface area contributed by atoms with E-state index in [9.17, 15) is 4.39 Å². The second-order valence-corrected chi connectivity index (χ2v) is 4.56. The summed E-state index contributed by atoms with van der Waals surface area (Å²) in [4.78, 5) is 0. The van der Waals surface area contributed by atoms with Gasteiger partial charge in [-0.2, -0.15) is 0 Å². The van der Waals surface area contributed by atoms with Crippen molar-refractivity contribution in [3.05, 3.63) is 29.6 Å². The lowest BCUT2D eigenvalue weighted by Crippen LogP contribution is -1.84. The van der Waals surface area contributed by atoms with Crippen molar-refractivity contribution in [1.29, 1.82) is 0 Å². The lowest BCUT2D eigenvalue weighted by molar-refractivity contribution is 0.283. The highest BCUT2D eigenvalue weighted by Gasteiger charge is 2.06. The van der Waals surface area contributed by atoms with Crippen LogP contribution in [0.25, 0.3) is 10.1 Å². The van der Waals surface area contributed by atoms with Crippen molar-refractivity contribution < 1.29 is 9.50 Å². The zero-order valence-corrected chi connectivity index (χ0v) is 8.33. The molecule has 1 aromatic carbocycles. The van der Waals surface area contributed by atoms with Gasteiger partial charge >= 0.3 is 0 Å². The molecule has 68 valence electrons. The number of thiophene rings is 1. The maximum atomic E-state index is 13.0. The van der Waals surface area contributed by atoms with Gasteiger partial charge < -0.3 is 5.11 Å². The van der Waals surface area contributed by atoms with Gasteiger partial charge in [0.15, 0.2) is 0 Å². The van der Waals surface area contributed by atoms with E-state index in [1.54, 1.807) is 6.07 Å². The van der Waals surface area contributed by atoms with Gasteiger partial charge in [-0.25, -0.2) is 4.39 Å². The minimum atomic E-state index is -0.317. The number of rotatable bonds is 1. The molecular weight excluding hydrogens is 207 g/mol. The molecular formula is C9H7FOS2. The van der Waals surface area contributed by atoms with E-state index >= 15 is 0 Å². The Balaban J connectivity index is 2.80. The van der Waals surface area contributed by atoms with E-state index in [1.165, 1.54) is 23.5 Å². The molecule has 0 radical (unpaired) electrons. The molecule has 0 saturated heterocycles. The Hall–Kier alpha value is -0.580. The maximum Gasteiger partial charge on any atom is 0.124 e. The van der Waals surface area contributed by atoms with E-state index in [0.29, 0.717) is 5.56 Å². The second-order valence-electron chi connectivity index (χ2n) is 2.73. The first-order chi connectivity index (χ1) is 6.20. The molecule has 2 aromatic rings. The van der Waals surface area contributed by atoms with Crippen LogP contribution in [0.2, 0.25) is 0 Å². The van der Waals surface area contributed by atoms with Gasteiger partial charge in [-0.05, 0) is 29.1 Å². The fourth-order valence-corrected chi connectivity index (χ4v) is 2.59. The summed E-state index contributed by atoms with van der Waals surface area (Å²) in [6.45, 7) is -0.137. The van der Waals surface area contributed by atoms with E-state index in [-0.39, 0.29) is 12.4 Å². The van der Waals surface area contributed by atoms with E-state index in [2.05, 4.69) is 12.6 Å². The quantitative estimate of drug-likeness (QED) is 0.699. The largest absolute Gasteiger partial charge is 0.392 e. The summed E-state index contributed by atoms with van der Waals surface area (Å²) in [6.07, 6.45) is 0. The van der Waals surface area contributed by atoms with Crippen molar-refractivity contribution in [2.24, 2.45) is 0 Å². The van der Waals surface area contributed by atoms with E-state index < -0.39 is 0 Å². The zero-order valence-electron chi connectivity index (χ0n) is 6.62. The summed E-state index contributed by atoms with van der Waals surface area (Å²) in [6, 6.07) is 4.60. The smallest absolute Gasteiger partial charge is 0.124 e. The van der Waals surface area contributed by atoms with Gasteiger partial charge in [0.25, 0.3) is 0 Å². The van der Waals surface area contributed by atoms with E-state index in [4.69, 9.17) is 5.11 Å². The number of aliphatic hydroxyl groups excluding tert-OH is 1. The van der Waals surface area contributed by atoms with Gasteiger partial charge in [-0.15, -0.1) is 24.0 Å². The van der Waals surface area contributed by atoms with E-state index in [0.717, 1.165) is 14.3 Å². The Labute approximate surface area is 84.2 Å². The third-order valence-electron chi connectivity index (χ3n) is 1.82. The van der Waals surface area contributed by atoms with Crippen molar-refractivity contribution in [2.45, 2.75) is 10.8 Å². The molecule has 0 aliphatic carbocycles. The number of hydrogen-bond donors (Lipinski definition) is 2. The highest BCUT2D eigenvalue weighted by molar-refractivity contribution is 7.83. The van der Waals surface area contributed by atoms with Gasteiger partial charge in [0.1, 0.15) is 5.82 Å². The van der Waals surface area contributed by atoms with Crippen molar-refractivity contribution in [1.82, 2.24) is 0 Å². The molecule has 1 nitrogen and oxygen atoms in total. The lowest BCUT2D eigenvalue weighted by atomic mass is 10.2. The Morgan fingerprint density at radius 3 is 2.85 bits per heavy atom. The van der Waals surface area contributed by atoms with Gasteiger partial charge in [0.2, 0.25) is 0 Å². The summed E-state index contributed by atoms with van der Waals surface area (Å²) in [5, 5.41) is 9.79. The predicted octanol–water partition coefficient (Wildman–Crippen LogP) is 2.82. The van der Waals surface area contributed by atoms with Crippen LogP contribution < -0.4 is 0 Å². The average molecular weight is 214 g/mol. The summed E-state index contributed by atoms with van der Waals surface area (Å²) in [5.41, 5.74) is 0.625. The Kier molecular flexibility index (Phi) is 2.27. The van der Waals surface area contributed by atoms with Crippen LogP contribution >= 0.6 is 24.0 Å². The van der Waals surface area contributed by atoms with Crippen LogP contribution in [-0.4, -0.2) is 5.11 Å². The second kappa shape index (κ2) is 3.29. The lowest BCUT2D eigenvalue weighted by Gasteiger charge is -1.98. The van der Waals surface area contributed by atoms with Gasteiger partial charge in [-0.1, -0.05) is 0 Å². The molecule has 0 atom stereocenters. The van der Waals surface area contributed by atoms with Crippen LogP contribution in [-0.2, 0) is 6.61 Å². The van der Waals surface area contributed by atoms with Crippen LogP contribution in [0.4, 0.5) is 4.39 Å². The first-order valence-corrected chi connectivity index (χ1v) is 4.99. The topological polar surface area (TPSA) is 20.2 Å². The molecule has 13 heavy (non-hydrogen) atoms. The maximum absolute atomic E-state index is 13.0. The summed E-state index contributed by atoms with van der Waals surface area (Å²) >= 11 is 5.63. The predicted molar refractivity (Wildman–Crippen MR) is 55.0 cm³/mol. The number of benzene rings is 1.